The van der Waals surface area contributed by atoms with Crippen molar-refractivity contribution >= 4 is 0 Å². The molecule has 5 nitrogen and oxygen atoms in total. The van der Waals surface area contributed by atoms with Gasteiger partial charge in [0, 0.05) is 12.4 Å². The first kappa shape index (κ1) is 9.79. The molecule has 0 amide bonds. The minimum atomic E-state index is 0.589. The lowest BCUT2D eigenvalue weighted by Crippen LogP contribution is -2.14. The normalized spacial score (nSPS) is 10.5. The van der Waals surface area contributed by atoms with Crippen LogP contribution in [0.2, 0.25) is 0 Å². The molecule has 0 saturated carbocycles. The van der Waals surface area contributed by atoms with Crippen LogP contribution in [-0.4, -0.2) is 15.0 Å². The molecular weight excluding hydrogens is 192 g/mol. The van der Waals surface area contributed by atoms with Gasteiger partial charge in [-0.05, 0) is 13.0 Å². The molecule has 15 heavy (non-hydrogen) atoms. The molecule has 2 aromatic rings. The first-order valence-electron chi connectivity index (χ1n) is 4.72. The van der Waals surface area contributed by atoms with Crippen LogP contribution >= 0.6 is 0 Å². The fourth-order valence-corrected chi connectivity index (χ4v) is 1.19. The molecule has 2 aromatic heterocycles. The molecule has 0 aliphatic carbocycles. The SMILES string of the molecule is Cc1cnc(CNCc2ncccn2)o1. The predicted octanol–water partition coefficient (Wildman–Crippen LogP) is 1.06. The van der Waals surface area contributed by atoms with Crippen LogP contribution in [0.25, 0.3) is 0 Å². The highest BCUT2D eigenvalue weighted by Crippen LogP contribution is 2.00. The lowest BCUT2D eigenvalue weighted by molar-refractivity contribution is 0.447. The first-order valence-corrected chi connectivity index (χ1v) is 4.72. The van der Waals surface area contributed by atoms with Crippen LogP contribution < -0.4 is 5.32 Å². The van der Waals surface area contributed by atoms with Gasteiger partial charge >= 0.3 is 0 Å². The highest BCUT2D eigenvalue weighted by molar-refractivity contribution is 4.91. The summed E-state index contributed by atoms with van der Waals surface area (Å²) in [5, 5.41) is 3.15. The lowest BCUT2D eigenvalue weighted by atomic mass is 10.5. The zero-order valence-electron chi connectivity index (χ0n) is 8.47. The van der Waals surface area contributed by atoms with Crippen LogP contribution in [0.4, 0.5) is 0 Å². The van der Waals surface area contributed by atoms with Gasteiger partial charge in [-0.1, -0.05) is 0 Å². The van der Waals surface area contributed by atoms with Gasteiger partial charge in [-0.25, -0.2) is 15.0 Å². The van der Waals surface area contributed by atoms with Crippen LogP contribution in [0.5, 0.6) is 0 Å². The van der Waals surface area contributed by atoms with Gasteiger partial charge < -0.3 is 9.73 Å². The third kappa shape index (κ3) is 2.85. The first-order chi connectivity index (χ1) is 7.34. The van der Waals surface area contributed by atoms with Crippen molar-refractivity contribution in [2.24, 2.45) is 0 Å². The van der Waals surface area contributed by atoms with Gasteiger partial charge in [0.25, 0.3) is 0 Å². The van der Waals surface area contributed by atoms with E-state index in [1.807, 2.05) is 6.92 Å². The second kappa shape index (κ2) is 4.65. The Morgan fingerprint density at radius 1 is 1.20 bits per heavy atom. The summed E-state index contributed by atoms with van der Waals surface area (Å²) >= 11 is 0. The number of hydrogen-bond donors (Lipinski definition) is 1. The molecule has 0 bridgehead atoms. The molecule has 0 aliphatic rings. The molecular formula is C10H12N4O. The molecule has 0 unspecified atom stereocenters. The Bertz CT molecular complexity index is 412. The molecule has 2 heterocycles. The van der Waals surface area contributed by atoms with Crippen molar-refractivity contribution in [3.8, 4) is 0 Å². The maximum Gasteiger partial charge on any atom is 0.208 e. The average Bonchev–Trinajstić information content (AvgIpc) is 2.66. The number of nitrogens with zero attached hydrogens (tertiary/aromatic N) is 3. The van der Waals surface area contributed by atoms with Crippen molar-refractivity contribution in [1.29, 1.82) is 0 Å². The van der Waals surface area contributed by atoms with E-state index >= 15 is 0 Å². The molecule has 0 spiro atoms. The standard InChI is InChI=1S/C10H12N4O/c1-8-5-14-10(15-8)7-11-6-9-12-3-2-4-13-9/h2-5,11H,6-7H2,1H3. The Hall–Kier alpha value is -1.75. The third-order valence-corrected chi connectivity index (χ3v) is 1.85. The second-order valence-electron chi connectivity index (χ2n) is 3.13. The summed E-state index contributed by atoms with van der Waals surface area (Å²) in [6.45, 7) is 3.07. The molecule has 0 radical (unpaired) electrons. The molecule has 0 aliphatic heterocycles. The van der Waals surface area contributed by atoms with Gasteiger partial charge in [0.15, 0.2) is 0 Å². The van der Waals surface area contributed by atoms with Crippen molar-refractivity contribution in [1.82, 2.24) is 20.3 Å². The number of aromatic nitrogens is 3. The zero-order chi connectivity index (χ0) is 10.5. The molecule has 0 aromatic carbocycles. The van der Waals surface area contributed by atoms with E-state index < -0.39 is 0 Å². The topological polar surface area (TPSA) is 63.8 Å². The van der Waals surface area contributed by atoms with E-state index in [9.17, 15) is 0 Å². The van der Waals surface area contributed by atoms with Gasteiger partial charge in [-0.15, -0.1) is 0 Å². The molecule has 1 N–H and O–H groups in total. The van der Waals surface area contributed by atoms with Crippen molar-refractivity contribution in [2.45, 2.75) is 20.0 Å². The van der Waals surface area contributed by atoms with Gasteiger partial charge in [-0.3, -0.25) is 0 Å². The van der Waals surface area contributed by atoms with Gasteiger partial charge in [0.1, 0.15) is 11.6 Å². The number of oxazole rings is 1. The maximum atomic E-state index is 5.31. The van der Waals surface area contributed by atoms with Crippen molar-refractivity contribution in [3.05, 3.63) is 42.1 Å². The largest absolute Gasteiger partial charge is 0.445 e. The minimum Gasteiger partial charge on any atom is -0.445 e. The summed E-state index contributed by atoms with van der Waals surface area (Å²) in [5.74, 6) is 2.27. The van der Waals surface area contributed by atoms with Crippen LogP contribution in [0.3, 0.4) is 0 Å². The van der Waals surface area contributed by atoms with Gasteiger partial charge in [0.2, 0.25) is 5.89 Å². The summed E-state index contributed by atoms with van der Waals surface area (Å²) in [4.78, 5) is 12.3. The number of aryl methyl sites for hydroxylation is 1. The molecule has 0 atom stereocenters. The van der Waals surface area contributed by atoms with E-state index in [1.165, 1.54) is 0 Å². The summed E-state index contributed by atoms with van der Waals surface area (Å²) in [6.07, 6.45) is 5.15. The fourth-order valence-electron chi connectivity index (χ4n) is 1.19. The Kier molecular flexibility index (Phi) is 3.04. The molecule has 0 saturated heterocycles. The van der Waals surface area contributed by atoms with Crippen LogP contribution in [-0.2, 0) is 13.1 Å². The fraction of sp³-hybridized carbons (Fsp3) is 0.300. The summed E-state index contributed by atoms with van der Waals surface area (Å²) < 4.78 is 5.31. The number of rotatable bonds is 4. The summed E-state index contributed by atoms with van der Waals surface area (Å²) in [7, 11) is 0. The smallest absolute Gasteiger partial charge is 0.208 e. The molecule has 0 fully saturated rings. The van der Waals surface area contributed by atoms with Crippen molar-refractivity contribution in [2.75, 3.05) is 0 Å². The van der Waals surface area contributed by atoms with E-state index in [4.69, 9.17) is 4.42 Å². The molecule has 78 valence electrons. The summed E-state index contributed by atoms with van der Waals surface area (Å²) in [6, 6.07) is 1.79. The highest BCUT2D eigenvalue weighted by Gasteiger charge is 2.00. The van der Waals surface area contributed by atoms with E-state index in [1.54, 1.807) is 24.7 Å². The van der Waals surface area contributed by atoms with Crippen molar-refractivity contribution in [3.63, 3.8) is 0 Å². The quantitative estimate of drug-likeness (QED) is 0.806. The maximum absolute atomic E-state index is 5.31. The average molecular weight is 204 g/mol. The molecule has 5 heteroatoms. The Balaban J connectivity index is 1.80. The van der Waals surface area contributed by atoms with E-state index in [0.29, 0.717) is 19.0 Å². The van der Waals surface area contributed by atoms with Crippen molar-refractivity contribution < 1.29 is 4.42 Å². The van der Waals surface area contributed by atoms with E-state index in [0.717, 1.165) is 11.6 Å². The van der Waals surface area contributed by atoms with Crippen LogP contribution in [0.1, 0.15) is 17.5 Å². The van der Waals surface area contributed by atoms with E-state index in [-0.39, 0.29) is 0 Å². The van der Waals surface area contributed by atoms with E-state index in [2.05, 4.69) is 20.3 Å². The Labute approximate surface area is 87.6 Å². The highest BCUT2D eigenvalue weighted by atomic mass is 16.4. The van der Waals surface area contributed by atoms with Gasteiger partial charge in [0.05, 0.1) is 19.3 Å². The lowest BCUT2D eigenvalue weighted by Gasteiger charge is -1.99. The number of hydrogen-bond acceptors (Lipinski definition) is 5. The minimum absolute atomic E-state index is 0.589. The van der Waals surface area contributed by atoms with Crippen LogP contribution in [0, 0.1) is 6.92 Å². The monoisotopic (exact) mass is 204 g/mol. The summed E-state index contributed by atoms with van der Waals surface area (Å²) in [5.41, 5.74) is 0. The Morgan fingerprint density at radius 3 is 2.67 bits per heavy atom. The third-order valence-electron chi connectivity index (χ3n) is 1.85. The second-order valence-corrected chi connectivity index (χ2v) is 3.13. The number of nitrogens with one attached hydrogen (secondary N) is 1. The predicted molar refractivity (Wildman–Crippen MR) is 53.8 cm³/mol. The molecule has 2 rings (SSSR count). The van der Waals surface area contributed by atoms with Crippen LogP contribution in [0.15, 0.2) is 29.1 Å². The Morgan fingerprint density at radius 2 is 2.00 bits per heavy atom. The van der Waals surface area contributed by atoms with Gasteiger partial charge in [-0.2, -0.15) is 0 Å². The zero-order valence-corrected chi connectivity index (χ0v) is 8.47.